The minimum atomic E-state index is -3.37. The van der Waals surface area contributed by atoms with Gasteiger partial charge >= 0.3 is 59.1 Å². The zero-order chi connectivity index (χ0) is 15.1. The van der Waals surface area contributed by atoms with Crippen molar-refractivity contribution in [2.45, 2.75) is 20.8 Å². The zero-order valence-corrected chi connectivity index (χ0v) is 18.0. The van der Waals surface area contributed by atoms with Crippen molar-refractivity contribution in [1.29, 1.82) is 0 Å². The summed E-state index contributed by atoms with van der Waals surface area (Å²) in [6.07, 6.45) is 5.25. The van der Waals surface area contributed by atoms with Crippen LogP contribution in [0.15, 0.2) is 38.0 Å². The smallest absolute Gasteiger partial charge is 0.598 e. The van der Waals surface area contributed by atoms with Gasteiger partial charge in [-0.2, -0.15) is 0 Å². The molecule has 0 bridgehead atoms. The molecule has 0 spiro atoms. The third kappa shape index (κ3) is 1210. The van der Waals surface area contributed by atoms with E-state index < -0.39 is 8.25 Å². The van der Waals surface area contributed by atoms with E-state index in [0.717, 1.165) is 0 Å². The van der Waals surface area contributed by atoms with Crippen molar-refractivity contribution < 1.29 is 73.5 Å². The van der Waals surface area contributed by atoms with Crippen LogP contribution in [0.2, 0.25) is 0 Å². The molecule has 0 radical (unpaired) electrons. The fraction of sp³-hybridized carbons (Fsp3) is 0.455. The minimum absolute atomic E-state index is 0. The Kier molecular flexibility index (Phi) is 169. The third-order valence-corrected chi connectivity index (χ3v) is 0.167. The SMILES string of the molecule is C=CC.C=CC.C=CC.NCCN.O=[P+]([O-])[O-].[Na+].[Na+]. The Bertz CT molecular complexity index is 143. The molecule has 5 nitrogen and oxygen atoms in total. The van der Waals surface area contributed by atoms with Crippen LogP contribution in [-0.2, 0) is 4.57 Å². The Labute approximate surface area is 163 Å². The van der Waals surface area contributed by atoms with Crippen LogP contribution >= 0.6 is 8.25 Å². The van der Waals surface area contributed by atoms with Gasteiger partial charge in [0.25, 0.3) is 8.25 Å². The Morgan fingerprint density at radius 1 is 0.895 bits per heavy atom. The van der Waals surface area contributed by atoms with Crippen LogP contribution in [0, 0.1) is 0 Å². The van der Waals surface area contributed by atoms with Gasteiger partial charge in [0.05, 0.1) is 0 Å². The van der Waals surface area contributed by atoms with Gasteiger partial charge in [0.2, 0.25) is 0 Å². The van der Waals surface area contributed by atoms with Crippen LogP contribution in [0.5, 0.6) is 0 Å². The van der Waals surface area contributed by atoms with Crippen LogP contribution in [0.3, 0.4) is 0 Å². The van der Waals surface area contributed by atoms with Crippen molar-refractivity contribution in [3.8, 4) is 0 Å². The normalized spacial score (nSPS) is 5.00. The first-order chi connectivity index (χ1) is 7.89. The molecule has 4 N–H and O–H groups in total. The van der Waals surface area contributed by atoms with Gasteiger partial charge in [-0.25, -0.2) is 0 Å². The summed E-state index contributed by atoms with van der Waals surface area (Å²) >= 11 is 0. The summed E-state index contributed by atoms with van der Waals surface area (Å²) in [5, 5.41) is 0. The Morgan fingerprint density at radius 3 is 0.947 bits per heavy atom. The molecule has 0 aromatic rings. The molecule has 0 unspecified atom stereocenters. The van der Waals surface area contributed by atoms with Crippen LogP contribution < -0.4 is 80.4 Å². The first-order valence-electron chi connectivity index (χ1n) is 4.82. The average molecular weight is 311 g/mol. The van der Waals surface area contributed by atoms with Gasteiger partial charge < -0.3 is 21.3 Å². The molecule has 0 aromatic heterocycles. The molecule has 8 heteroatoms. The molecule has 0 amide bonds. The first kappa shape index (κ1) is 42.7. The summed E-state index contributed by atoms with van der Waals surface area (Å²) in [4.78, 5) is 17.0. The van der Waals surface area contributed by atoms with Crippen molar-refractivity contribution in [2.75, 3.05) is 13.1 Å². The van der Waals surface area contributed by atoms with E-state index in [1.54, 1.807) is 18.2 Å². The quantitative estimate of drug-likeness (QED) is 0.285. The number of rotatable bonds is 1. The molecule has 0 saturated heterocycles. The van der Waals surface area contributed by atoms with Crippen LogP contribution in [0.4, 0.5) is 0 Å². The molecule has 0 aliphatic rings. The van der Waals surface area contributed by atoms with E-state index in [4.69, 9.17) is 25.8 Å². The predicted octanol–water partition coefficient (Wildman–Crippen LogP) is -5.15. The maximum absolute atomic E-state index is 8.48. The fourth-order valence-corrected chi connectivity index (χ4v) is 0. The second kappa shape index (κ2) is 75.3. The van der Waals surface area contributed by atoms with Crippen molar-refractivity contribution in [3.05, 3.63) is 38.0 Å². The van der Waals surface area contributed by atoms with E-state index in [-0.39, 0.29) is 59.1 Å². The predicted molar refractivity (Wildman–Crippen MR) is 73.3 cm³/mol. The summed E-state index contributed by atoms with van der Waals surface area (Å²) < 4.78 is 8.48. The van der Waals surface area contributed by atoms with Crippen molar-refractivity contribution >= 4 is 8.25 Å². The van der Waals surface area contributed by atoms with E-state index in [9.17, 15) is 0 Å². The van der Waals surface area contributed by atoms with Gasteiger partial charge in [-0.3, -0.25) is 0 Å². The first-order valence-corrected chi connectivity index (χ1v) is 5.92. The number of hydrogen-bond donors (Lipinski definition) is 2. The van der Waals surface area contributed by atoms with Crippen molar-refractivity contribution in [2.24, 2.45) is 11.5 Å². The Morgan fingerprint density at radius 2 is 0.947 bits per heavy atom. The number of allylic oxidation sites excluding steroid dienone is 3. The molecular weight excluding hydrogens is 285 g/mol. The zero-order valence-electron chi connectivity index (χ0n) is 13.1. The summed E-state index contributed by atoms with van der Waals surface area (Å²) in [7, 11) is -3.37. The van der Waals surface area contributed by atoms with E-state index in [0.29, 0.717) is 13.1 Å². The van der Waals surface area contributed by atoms with E-state index in [1.165, 1.54) is 0 Å². The molecule has 104 valence electrons. The molecule has 0 atom stereocenters. The van der Waals surface area contributed by atoms with E-state index >= 15 is 0 Å². The Balaban J connectivity index is -0.0000000186. The number of hydrogen-bond acceptors (Lipinski definition) is 5. The summed E-state index contributed by atoms with van der Waals surface area (Å²) in [5.74, 6) is 0. The third-order valence-electron chi connectivity index (χ3n) is 0.167. The fourth-order valence-electron chi connectivity index (χ4n) is 0. The van der Waals surface area contributed by atoms with Gasteiger partial charge in [0, 0.05) is 13.1 Å². The van der Waals surface area contributed by atoms with E-state index in [1.807, 2.05) is 20.8 Å². The van der Waals surface area contributed by atoms with Gasteiger partial charge in [0.1, 0.15) is 0 Å². The largest absolute Gasteiger partial charge is 1.00 e. The molecule has 0 rings (SSSR count). The average Bonchev–Trinajstić information content (AvgIpc) is 2.20. The molecule has 0 aliphatic heterocycles. The standard InChI is InChI=1S/3C3H6.C2H8N2.2Na.HO3P/c3*1-3-2;3-1-2-4;;;1-4(2)3/h3*3H,1H2,2H3;1-4H2;;;(H,1,2,3)/q;;;;2*+1;/p-1. The van der Waals surface area contributed by atoms with Crippen LogP contribution in [0.1, 0.15) is 20.8 Å². The summed E-state index contributed by atoms with van der Waals surface area (Å²) in [6, 6.07) is 0. The second-order valence-corrected chi connectivity index (χ2v) is 2.47. The topological polar surface area (TPSA) is 115 Å². The summed E-state index contributed by atoms with van der Waals surface area (Å²) in [6.45, 7) is 16.9. The molecule has 0 aliphatic carbocycles. The maximum atomic E-state index is 8.48. The molecule has 19 heavy (non-hydrogen) atoms. The van der Waals surface area contributed by atoms with Crippen LogP contribution in [-0.4, -0.2) is 13.1 Å². The van der Waals surface area contributed by atoms with E-state index in [2.05, 4.69) is 19.7 Å². The Hall–Kier alpha value is 1.16. The minimum Gasteiger partial charge on any atom is -0.598 e. The molecule has 0 aromatic carbocycles. The monoisotopic (exact) mass is 311 g/mol. The van der Waals surface area contributed by atoms with Gasteiger partial charge in [-0.1, -0.05) is 22.8 Å². The van der Waals surface area contributed by atoms with Crippen molar-refractivity contribution in [1.82, 2.24) is 0 Å². The van der Waals surface area contributed by atoms with Gasteiger partial charge in [-0.15, -0.1) is 19.7 Å². The maximum Gasteiger partial charge on any atom is 1.00 e. The van der Waals surface area contributed by atoms with Crippen molar-refractivity contribution in [3.63, 3.8) is 0 Å². The van der Waals surface area contributed by atoms with Gasteiger partial charge in [0.15, 0.2) is 0 Å². The molecule has 0 fully saturated rings. The number of nitrogens with two attached hydrogens (primary N) is 2. The molecular formula is C11H26N2Na2O3P+. The molecule has 0 heterocycles. The van der Waals surface area contributed by atoms with Gasteiger partial charge in [-0.05, 0) is 20.8 Å². The second-order valence-electron chi connectivity index (χ2n) is 2.03. The van der Waals surface area contributed by atoms with Crippen LogP contribution in [0.25, 0.3) is 0 Å². The molecule has 0 saturated carbocycles. The summed E-state index contributed by atoms with van der Waals surface area (Å²) in [5.41, 5.74) is 9.81.